The van der Waals surface area contributed by atoms with Gasteiger partial charge in [0.05, 0.1) is 6.26 Å². The lowest BCUT2D eigenvalue weighted by molar-refractivity contribution is 0.464. The first-order valence-electron chi connectivity index (χ1n) is 6.47. The number of unbranched alkanes of at least 4 members (excludes halogenated alkanes) is 4. The third-order valence-corrected chi connectivity index (χ3v) is 3.45. The average Bonchev–Trinajstić information content (AvgIpc) is 2.16. The zero-order chi connectivity index (χ0) is 12.4. The van der Waals surface area contributed by atoms with Crippen molar-refractivity contribution < 1.29 is 8.42 Å². The lowest BCUT2D eigenvalue weighted by Crippen LogP contribution is -2.33. The minimum atomic E-state index is -3.05. The molecule has 0 fully saturated rings. The van der Waals surface area contributed by atoms with Crippen molar-refractivity contribution >= 4 is 10.0 Å². The van der Waals surface area contributed by atoms with E-state index in [-0.39, 0.29) is 6.04 Å². The van der Waals surface area contributed by atoms with Crippen molar-refractivity contribution in [3.05, 3.63) is 0 Å². The van der Waals surface area contributed by atoms with Crippen LogP contribution >= 0.6 is 0 Å². The van der Waals surface area contributed by atoms with Gasteiger partial charge in [-0.25, -0.2) is 13.1 Å². The fraction of sp³-hybridized carbons (Fsp3) is 1.00. The van der Waals surface area contributed by atoms with E-state index >= 15 is 0 Å². The molecule has 0 saturated heterocycles. The number of rotatable bonds is 10. The molecule has 16 heavy (non-hydrogen) atoms. The Bertz CT molecular complexity index is 240. The predicted octanol–water partition coefficient (Wildman–Crippen LogP) is 3.06. The third-order valence-electron chi connectivity index (χ3n) is 2.69. The van der Waals surface area contributed by atoms with E-state index in [0.29, 0.717) is 0 Å². The Balaban J connectivity index is 3.95. The van der Waals surface area contributed by atoms with Gasteiger partial charge in [0.15, 0.2) is 0 Å². The van der Waals surface area contributed by atoms with Crippen LogP contribution in [-0.4, -0.2) is 20.7 Å². The van der Waals surface area contributed by atoms with Crippen molar-refractivity contribution in [2.45, 2.75) is 71.3 Å². The first-order chi connectivity index (χ1) is 7.49. The highest BCUT2D eigenvalue weighted by atomic mass is 32.2. The molecule has 1 N–H and O–H groups in total. The second kappa shape index (κ2) is 8.99. The molecule has 0 rings (SSSR count). The Morgan fingerprint density at radius 2 is 1.38 bits per heavy atom. The molecule has 0 aromatic heterocycles. The monoisotopic (exact) mass is 249 g/mol. The lowest BCUT2D eigenvalue weighted by Gasteiger charge is -2.17. The molecule has 0 saturated carbocycles. The summed E-state index contributed by atoms with van der Waals surface area (Å²) in [5.41, 5.74) is 0. The molecule has 0 spiro atoms. The van der Waals surface area contributed by atoms with Gasteiger partial charge in [-0.05, 0) is 12.8 Å². The molecular weight excluding hydrogens is 222 g/mol. The average molecular weight is 249 g/mol. The Labute approximate surface area is 101 Å². The molecule has 0 heterocycles. The van der Waals surface area contributed by atoms with E-state index in [9.17, 15) is 8.42 Å². The van der Waals surface area contributed by atoms with E-state index in [1.54, 1.807) is 0 Å². The molecule has 0 aliphatic rings. The number of hydrogen-bond donors (Lipinski definition) is 1. The summed E-state index contributed by atoms with van der Waals surface area (Å²) in [5, 5.41) is 0. The van der Waals surface area contributed by atoms with E-state index in [4.69, 9.17) is 0 Å². The van der Waals surface area contributed by atoms with Gasteiger partial charge >= 0.3 is 0 Å². The van der Waals surface area contributed by atoms with Crippen molar-refractivity contribution in [3.63, 3.8) is 0 Å². The first-order valence-corrected chi connectivity index (χ1v) is 8.36. The van der Waals surface area contributed by atoms with Crippen LogP contribution in [0.5, 0.6) is 0 Å². The molecule has 0 unspecified atom stereocenters. The molecule has 3 nitrogen and oxygen atoms in total. The van der Waals surface area contributed by atoms with Crippen molar-refractivity contribution in [2.24, 2.45) is 0 Å². The molecule has 98 valence electrons. The quantitative estimate of drug-likeness (QED) is 0.605. The lowest BCUT2D eigenvalue weighted by atomic mass is 10.0. The maximum atomic E-state index is 11.2. The second-order valence-corrected chi connectivity index (χ2v) is 6.36. The van der Waals surface area contributed by atoms with Crippen LogP contribution in [0, 0.1) is 0 Å². The summed E-state index contributed by atoms with van der Waals surface area (Å²) in [5.74, 6) is 0. The van der Waals surface area contributed by atoms with Crippen LogP contribution in [0.1, 0.15) is 65.2 Å². The SMILES string of the molecule is CCCCCC(CCCCC)NS(C)(=O)=O. The largest absolute Gasteiger partial charge is 0.213 e. The van der Waals surface area contributed by atoms with Gasteiger partial charge in [-0.3, -0.25) is 0 Å². The van der Waals surface area contributed by atoms with E-state index in [0.717, 1.165) is 25.7 Å². The Kier molecular flexibility index (Phi) is 8.94. The Hall–Kier alpha value is -0.0900. The summed E-state index contributed by atoms with van der Waals surface area (Å²) in [6, 6.07) is 0.146. The summed E-state index contributed by atoms with van der Waals surface area (Å²) in [6.07, 6.45) is 10.2. The van der Waals surface area contributed by atoms with Gasteiger partial charge in [0.25, 0.3) is 0 Å². The number of nitrogens with one attached hydrogen (secondary N) is 1. The molecule has 0 aromatic carbocycles. The standard InChI is InChI=1S/C12H27NO2S/c1-4-6-8-10-12(11-9-7-5-2)13-16(3,14)15/h12-13H,4-11H2,1-3H3. The zero-order valence-corrected chi connectivity index (χ0v) is 11.8. The van der Waals surface area contributed by atoms with E-state index in [2.05, 4.69) is 18.6 Å². The molecule has 0 aromatic rings. The second-order valence-electron chi connectivity index (χ2n) is 4.58. The molecular formula is C12H27NO2S. The fourth-order valence-corrected chi connectivity index (χ4v) is 2.69. The fourth-order valence-electron chi connectivity index (χ4n) is 1.85. The van der Waals surface area contributed by atoms with Crippen LogP contribution in [0.3, 0.4) is 0 Å². The molecule has 4 heteroatoms. The van der Waals surface area contributed by atoms with Crippen LogP contribution in [0.25, 0.3) is 0 Å². The third kappa shape index (κ3) is 10.4. The van der Waals surface area contributed by atoms with Crippen LogP contribution in [0.2, 0.25) is 0 Å². The van der Waals surface area contributed by atoms with E-state index in [1.165, 1.54) is 31.9 Å². The van der Waals surface area contributed by atoms with Crippen molar-refractivity contribution in [1.82, 2.24) is 4.72 Å². The first kappa shape index (κ1) is 15.9. The summed E-state index contributed by atoms with van der Waals surface area (Å²) in [7, 11) is -3.05. The number of hydrogen-bond acceptors (Lipinski definition) is 2. The van der Waals surface area contributed by atoms with Gasteiger partial charge in [0.2, 0.25) is 10.0 Å². The van der Waals surface area contributed by atoms with Gasteiger partial charge in [-0.15, -0.1) is 0 Å². The molecule has 0 atom stereocenters. The highest BCUT2D eigenvalue weighted by Gasteiger charge is 2.12. The summed E-state index contributed by atoms with van der Waals surface area (Å²) >= 11 is 0. The smallest absolute Gasteiger partial charge is 0.208 e. The van der Waals surface area contributed by atoms with Crippen LogP contribution in [-0.2, 0) is 10.0 Å². The van der Waals surface area contributed by atoms with Gasteiger partial charge in [0, 0.05) is 6.04 Å². The van der Waals surface area contributed by atoms with Crippen LogP contribution in [0.15, 0.2) is 0 Å². The molecule has 0 bridgehead atoms. The van der Waals surface area contributed by atoms with Gasteiger partial charge < -0.3 is 0 Å². The van der Waals surface area contributed by atoms with Crippen molar-refractivity contribution in [3.8, 4) is 0 Å². The molecule has 0 aliphatic carbocycles. The molecule has 0 aliphatic heterocycles. The predicted molar refractivity (Wildman–Crippen MR) is 70.1 cm³/mol. The van der Waals surface area contributed by atoms with Gasteiger partial charge in [-0.2, -0.15) is 0 Å². The van der Waals surface area contributed by atoms with Crippen LogP contribution < -0.4 is 4.72 Å². The van der Waals surface area contributed by atoms with E-state index in [1.807, 2.05) is 0 Å². The normalized spacial score (nSPS) is 12.2. The Morgan fingerprint density at radius 1 is 0.938 bits per heavy atom. The van der Waals surface area contributed by atoms with Crippen molar-refractivity contribution in [2.75, 3.05) is 6.26 Å². The minimum Gasteiger partial charge on any atom is -0.213 e. The van der Waals surface area contributed by atoms with Gasteiger partial charge in [-0.1, -0.05) is 52.4 Å². The summed E-state index contributed by atoms with van der Waals surface area (Å²) in [6.45, 7) is 4.33. The summed E-state index contributed by atoms with van der Waals surface area (Å²) in [4.78, 5) is 0. The highest BCUT2D eigenvalue weighted by molar-refractivity contribution is 7.88. The minimum absolute atomic E-state index is 0.146. The topological polar surface area (TPSA) is 46.2 Å². The summed E-state index contributed by atoms with van der Waals surface area (Å²) < 4.78 is 25.1. The van der Waals surface area contributed by atoms with Gasteiger partial charge in [0.1, 0.15) is 0 Å². The highest BCUT2D eigenvalue weighted by Crippen LogP contribution is 2.11. The molecule has 0 amide bonds. The van der Waals surface area contributed by atoms with Crippen LogP contribution in [0.4, 0.5) is 0 Å². The number of sulfonamides is 1. The maximum Gasteiger partial charge on any atom is 0.208 e. The molecule has 0 radical (unpaired) electrons. The Morgan fingerprint density at radius 3 is 1.69 bits per heavy atom. The zero-order valence-electron chi connectivity index (χ0n) is 11.0. The van der Waals surface area contributed by atoms with E-state index < -0.39 is 10.0 Å². The van der Waals surface area contributed by atoms with Crippen molar-refractivity contribution in [1.29, 1.82) is 0 Å². The maximum absolute atomic E-state index is 11.2.